The number of esters is 2. The molecule has 6 N–H and O–H groups in total. The first-order chi connectivity index (χ1) is 25.9. The van der Waals surface area contributed by atoms with Crippen molar-refractivity contribution in [2.45, 2.75) is 205 Å². The van der Waals surface area contributed by atoms with Gasteiger partial charge >= 0.3 is 25.7 Å². The van der Waals surface area contributed by atoms with Gasteiger partial charge in [-0.15, -0.1) is 0 Å². The standard InChI is InChI=1S/C40H76NO12P/c1-3-5-7-8-9-10-11-12-13-14-18-21-25-29-38(44)50-31-34(32-51-54(48,49)52-33-35(41)40(46)47)53-39(45)30-26-22-19-16-15-17-20-24-28-37(43)36(42)27-23-6-4-2/h20,24,34-37,42-43H,3-19,21-23,25-33,41H2,1-2H3,(H,46,47)(H,48,49)/b24-20-. The topological polar surface area (TPSA) is 212 Å². The van der Waals surface area contributed by atoms with Crippen molar-refractivity contribution in [1.29, 1.82) is 0 Å². The molecule has 0 aliphatic rings. The number of aliphatic hydroxyl groups excluding tert-OH is 2. The van der Waals surface area contributed by atoms with Gasteiger partial charge < -0.3 is 35.4 Å². The van der Waals surface area contributed by atoms with Gasteiger partial charge in [0.15, 0.2) is 6.10 Å². The molecule has 5 atom stereocenters. The summed E-state index contributed by atoms with van der Waals surface area (Å²) in [5.41, 5.74) is 5.32. The number of hydrogen-bond acceptors (Lipinski definition) is 11. The van der Waals surface area contributed by atoms with Crippen molar-refractivity contribution in [1.82, 2.24) is 0 Å². The van der Waals surface area contributed by atoms with Gasteiger partial charge in [0.1, 0.15) is 12.6 Å². The molecular weight excluding hydrogens is 717 g/mol. The molecule has 0 radical (unpaired) electrons. The minimum absolute atomic E-state index is 0.0997. The second kappa shape index (κ2) is 35.5. The number of carboxylic acids is 1. The third-order valence-corrected chi connectivity index (χ3v) is 10.2. The zero-order valence-corrected chi connectivity index (χ0v) is 34.4. The zero-order chi connectivity index (χ0) is 40.3. The smallest absolute Gasteiger partial charge is 0.472 e. The van der Waals surface area contributed by atoms with Gasteiger partial charge in [0.2, 0.25) is 0 Å². The Balaban J connectivity index is 4.47. The molecule has 0 aromatic heterocycles. The highest BCUT2D eigenvalue weighted by Gasteiger charge is 2.28. The Kier molecular flexibility index (Phi) is 34.3. The number of aliphatic carboxylic acids is 1. The van der Waals surface area contributed by atoms with Crippen molar-refractivity contribution in [3.05, 3.63) is 12.2 Å². The fourth-order valence-corrected chi connectivity index (χ4v) is 6.51. The molecule has 14 heteroatoms. The molecule has 0 fully saturated rings. The normalized spacial score (nSPS) is 15.1. The minimum atomic E-state index is -4.74. The molecule has 5 unspecified atom stereocenters. The molecule has 0 bridgehead atoms. The van der Waals surface area contributed by atoms with Crippen LogP contribution >= 0.6 is 7.82 Å². The average Bonchev–Trinajstić information content (AvgIpc) is 3.14. The third-order valence-electron chi connectivity index (χ3n) is 9.21. The largest absolute Gasteiger partial charge is 0.480 e. The summed E-state index contributed by atoms with van der Waals surface area (Å²) in [4.78, 5) is 45.8. The summed E-state index contributed by atoms with van der Waals surface area (Å²) in [7, 11) is -4.74. The van der Waals surface area contributed by atoms with Gasteiger partial charge in [0.25, 0.3) is 0 Å². The van der Waals surface area contributed by atoms with E-state index in [4.69, 9.17) is 24.8 Å². The summed E-state index contributed by atoms with van der Waals surface area (Å²) >= 11 is 0. The second-order valence-electron chi connectivity index (χ2n) is 14.4. The summed E-state index contributed by atoms with van der Waals surface area (Å²) in [6.45, 7) is 2.56. The van der Waals surface area contributed by atoms with Crippen molar-refractivity contribution in [2.75, 3.05) is 19.8 Å². The Hall–Kier alpha value is -1.86. The Bertz CT molecular complexity index is 1010. The number of carboxylic acid groups (broad SMARTS) is 1. The summed E-state index contributed by atoms with van der Waals surface area (Å²) in [6, 6.07) is -1.54. The first kappa shape index (κ1) is 52.1. The van der Waals surface area contributed by atoms with Gasteiger partial charge in [-0.2, -0.15) is 0 Å². The van der Waals surface area contributed by atoms with Crippen LogP contribution < -0.4 is 5.73 Å². The van der Waals surface area contributed by atoms with Gasteiger partial charge in [0, 0.05) is 12.8 Å². The van der Waals surface area contributed by atoms with Crippen molar-refractivity contribution >= 4 is 25.7 Å². The minimum Gasteiger partial charge on any atom is -0.480 e. The lowest BCUT2D eigenvalue weighted by molar-refractivity contribution is -0.161. The van der Waals surface area contributed by atoms with Crippen LogP contribution in [-0.2, 0) is 37.5 Å². The van der Waals surface area contributed by atoms with Crippen LogP contribution in [0, 0.1) is 0 Å². The van der Waals surface area contributed by atoms with Crippen LogP contribution in [0.4, 0.5) is 0 Å². The predicted molar refractivity (Wildman–Crippen MR) is 211 cm³/mol. The average molecular weight is 794 g/mol. The number of hydrogen-bond donors (Lipinski definition) is 5. The highest BCUT2D eigenvalue weighted by atomic mass is 31.2. The van der Waals surface area contributed by atoms with Crippen molar-refractivity contribution in [2.24, 2.45) is 5.73 Å². The van der Waals surface area contributed by atoms with E-state index in [0.717, 1.165) is 70.6 Å². The SMILES string of the molecule is CCCCCCCCCCCCCCCC(=O)OCC(COP(=O)(O)OCC(N)C(=O)O)OC(=O)CCCCCCC/C=C\CC(O)C(O)CCCCC. The fourth-order valence-electron chi connectivity index (χ4n) is 5.73. The Morgan fingerprint density at radius 2 is 1.11 bits per heavy atom. The fraction of sp³-hybridized carbons (Fsp3) is 0.875. The lowest BCUT2D eigenvalue weighted by Gasteiger charge is -2.20. The molecular formula is C40H76NO12P. The van der Waals surface area contributed by atoms with E-state index in [2.05, 4.69) is 18.4 Å². The number of nitrogens with two attached hydrogens (primary N) is 1. The molecule has 0 amide bonds. The molecule has 0 aromatic rings. The Morgan fingerprint density at radius 3 is 1.67 bits per heavy atom. The van der Waals surface area contributed by atoms with E-state index < -0.39 is 63.3 Å². The molecule has 0 saturated heterocycles. The van der Waals surface area contributed by atoms with E-state index in [9.17, 15) is 34.1 Å². The summed E-state index contributed by atoms with van der Waals surface area (Å²) < 4.78 is 32.6. The summed E-state index contributed by atoms with van der Waals surface area (Å²) in [6.07, 6.45) is 26.1. The van der Waals surface area contributed by atoms with Gasteiger partial charge in [0.05, 0.1) is 25.4 Å². The number of allylic oxidation sites excluding steroid dienone is 1. The molecule has 0 spiro atoms. The number of carbonyl (C=O) groups excluding carboxylic acids is 2. The highest BCUT2D eigenvalue weighted by Crippen LogP contribution is 2.43. The van der Waals surface area contributed by atoms with E-state index >= 15 is 0 Å². The number of ether oxygens (including phenoxy) is 2. The van der Waals surface area contributed by atoms with Crippen molar-refractivity contribution in [3.63, 3.8) is 0 Å². The third kappa shape index (κ3) is 33.5. The van der Waals surface area contributed by atoms with Crippen molar-refractivity contribution in [3.8, 4) is 0 Å². The van der Waals surface area contributed by atoms with E-state index in [0.29, 0.717) is 25.7 Å². The van der Waals surface area contributed by atoms with Crippen LogP contribution in [0.15, 0.2) is 12.2 Å². The van der Waals surface area contributed by atoms with Gasteiger partial charge in [-0.25, -0.2) is 4.57 Å². The molecule has 0 heterocycles. The molecule has 0 aliphatic heterocycles. The maximum Gasteiger partial charge on any atom is 0.472 e. The van der Waals surface area contributed by atoms with E-state index in [1.165, 1.54) is 57.8 Å². The molecule has 0 rings (SSSR count). The van der Waals surface area contributed by atoms with Gasteiger partial charge in [-0.3, -0.25) is 23.4 Å². The summed E-state index contributed by atoms with van der Waals surface area (Å²) in [5.74, 6) is -2.47. The number of unbranched alkanes of at least 4 members (excludes halogenated alkanes) is 19. The first-order valence-corrected chi connectivity index (χ1v) is 22.4. The maximum atomic E-state index is 12.6. The number of phosphoric ester groups is 1. The lowest BCUT2D eigenvalue weighted by atomic mass is 10.0. The molecule has 13 nitrogen and oxygen atoms in total. The molecule has 0 aromatic carbocycles. The maximum absolute atomic E-state index is 12.6. The summed E-state index contributed by atoms with van der Waals surface area (Å²) in [5, 5.41) is 29.0. The monoisotopic (exact) mass is 794 g/mol. The lowest BCUT2D eigenvalue weighted by Crippen LogP contribution is -2.34. The molecule has 0 aliphatic carbocycles. The van der Waals surface area contributed by atoms with Gasteiger partial charge in [-0.1, -0.05) is 142 Å². The molecule has 0 saturated carbocycles. The van der Waals surface area contributed by atoms with E-state index in [1.807, 2.05) is 12.2 Å². The first-order valence-electron chi connectivity index (χ1n) is 20.9. The second-order valence-corrected chi connectivity index (χ2v) is 15.9. The quantitative estimate of drug-likeness (QED) is 0.0171. The number of carbonyl (C=O) groups is 3. The van der Waals surface area contributed by atoms with E-state index in [-0.39, 0.29) is 19.4 Å². The highest BCUT2D eigenvalue weighted by molar-refractivity contribution is 7.47. The van der Waals surface area contributed by atoms with Crippen molar-refractivity contribution < 1.29 is 57.7 Å². The Morgan fingerprint density at radius 1 is 0.630 bits per heavy atom. The number of rotatable bonds is 39. The van der Waals surface area contributed by atoms with Crippen LogP contribution in [0.2, 0.25) is 0 Å². The van der Waals surface area contributed by atoms with Crippen LogP contribution in [0.5, 0.6) is 0 Å². The molecule has 54 heavy (non-hydrogen) atoms. The molecule has 318 valence electrons. The van der Waals surface area contributed by atoms with Crippen LogP contribution in [0.1, 0.15) is 181 Å². The van der Waals surface area contributed by atoms with Crippen LogP contribution in [0.25, 0.3) is 0 Å². The zero-order valence-electron chi connectivity index (χ0n) is 33.5. The predicted octanol–water partition coefficient (Wildman–Crippen LogP) is 8.45. The Labute approximate surface area is 325 Å². The number of aliphatic hydroxyl groups is 2. The van der Waals surface area contributed by atoms with Crippen LogP contribution in [0.3, 0.4) is 0 Å². The van der Waals surface area contributed by atoms with Crippen LogP contribution in [-0.4, -0.2) is 82.3 Å². The number of phosphoric acid groups is 1. The van der Waals surface area contributed by atoms with Gasteiger partial charge in [-0.05, 0) is 38.5 Å². The van der Waals surface area contributed by atoms with E-state index in [1.54, 1.807) is 0 Å².